The van der Waals surface area contributed by atoms with Crippen molar-refractivity contribution in [1.82, 2.24) is 19.5 Å². The monoisotopic (exact) mass is 526 g/mol. The summed E-state index contributed by atoms with van der Waals surface area (Å²) in [7, 11) is -3.92. The molecule has 0 unspecified atom stereocenters. The highest BCUT2D eigenvalue weighted by atomic mass is 32.2. The van der Waals surface area contributed by atoms with Crippen LogP contribution in [-0.2, 0) is 14.8 Å². The molecule has 1 aliphatic carbocycles. The van der Waals surface area contributed by atoms with Crippen molar-refractivity contribution in [3.05, 3.63) is 47.8 Å². The Hall–Kier alpha value is -2.98. The summed E-state index contributed by atoms with van der Waals surface area (Å²) < 4.78 is 40.1. The molecule has 198 valence electrons. The molecule has 2 fully saturated rings. The Morgan fingerprint density at radius 3 is 2.46 bits per heavy atom. The van der Waals surface area contributed by atoms with Gasteiger partial charge in [0.2, 0.25) is 10.0 Å². The fourth-order valence-corrected chi connectivity index (χ4v) is 5.16. The van der Waals surface area contributed by atoms with Crippen LogP contribution < -0.4 is 9.46 Å². The highest BCUT2D eigenvalue weighted by Gasteiger charge is 2.33. The van der Waals surface area contributed by atoms with Crippen LogP contribution >= 0.6 is 0 Å². The number of benzene rings is 1. The van der Waals surface area contributed by atoms with E-state index in [9.17, 15) is 13.2 Å². The van der Waals surface area contributed by atoms with Gasteiger partial charge in [0.15, 0.2) is 5.65 Å². The van der Waals surface area contributed by atoms with E-state index in [1.807, 2.05) is 30.3 Å². The molecule has 2 aromatic heterocycles. The second-order valence-electron chi connectivity index (χ2n) is 10.9. The average molecular weight is 527 g/mol. The van der Waals surface area contributed by atoms with Gasteiger partial charge in [0.25, 0.3) is 5.91 Å². The van der Waals surface area contributed by atoms with Gasteiger partial charge < -0.3 is 9.47 Å². The zero-order chi connectivity index (χ0) is 26.2. The van der Waals surface area contributed by atoms with E-state index in [-0.39, 0.29) is 5.69 Å². The molecule has 9 nitrogen and oxygen atoms in total. The highest BCUT2D eigenvalue weighted by molar-refractivity contribution is 7.91. The third-order valence-corrected chi connectivity index (χ3v) is 9.27. The third kappa shape index (κ3) is 5.22. The molecular weight excluding hydrogens is 492 g/mol. The first-order valence-electron chi connectivity index (χ1n) is 12.9. The lowest BCUT2D eigenvalue weighted by Crippen LogP contribution is -2.42. The number of para-hydroxylation sites is 1. The van der Waals surface area contributed by atoms with Crippen LogP contribution in [0.5, 0.6) is 5.75 Å². The molecule has 1 amide bonds. The molecule has 1 N–H and O–H groups in total. The molecule has 1 saturated heterocycles. The molecule has 0 atom stereocenters. The minimum Gasteiger partial charge on any atom is -0.492 e. The Labute approximate surface area is 217 Å². The lowest BCUT2D eigenvalue weighted by molar-refractivity contribution is 0.0499. The number of fused-ring (bicyclic) bond motifs is 1. The summed E-state index contributed by atoms with van der Waals surface area (Å²) in [6.07, 6.45) is 5.02. The zero-order valence-electron chi connectivity index (χ0n) is 21.6. The van der Waals surface area contributed by atoms with Gasteiger partial charge in [-0.3, -0.25) is 4.79 Å². The predicted octanol–water partition coefficient (Wildman–Crippen LogP) is 4.35. The van der Waals surface area contributed by atoms with Crippen molar-refractivity contribution < 1.29 is 22.7 Å². The molecule has 5 rings (SSSR count). The Bertz CT molecular complexity index is 1390. The Balaban J connectivity index is 1.62. The van der Waals surface area contributed by atoms with Gasteiger partial charge >= 0.3 is 0 Å². The van der Waals surface area contributed by atoms with Gasteiger partial charge in [-0.1, -0.05) is 24.6 Å². The third-order valence-electron chi connectivity index (χ3n) is 7.20. The van der Waals surface area contributed by atoms with Gasteiger partial charge in [0.05, 0.1) is 28.1 Å². The smallest absolute Gasteiger partial charge is 0.283 e. The molecule has 1 aliphatic heterocycles. The first-order valence-corrected chi connectivity index (χ1v) is 14.4. The number of aromatic nitrogens is 3. The van der Waals surface area contributed by atoms with Gasteiger partial charge in [0.1, 0.15) is 11.4 Å². The van der Waals surface area contributed by atoms with E-state index in [0.29, 0.717) is 43.1 Å². The lowest BCUT2D eigenvalue weighted by atomic mass is 9.82. The number of carbonyl (C=O) groups is 1. The van der Waals surface area contributed by atoms with E-state index in [1.165, 1.54) is 20.8 Å². The van der Waals surface area contributed by atoms with E-state index >= 15 is 0 Å². The highest BCUT2D eigenvalue weighted by Crippen LogP contribution is 2.42. The minimum atomic E-state index is -3.92. The van der Waals surface area contributed by atoms with Crippen molar-refractivity contribution >= 4 is 27.0 Å². The molecule has 1 saturated carbocycles. The molecule has 3 heterocycles. The predicted molar refractivity (Wildman–Crippen MR) is 141 cm³/mol. The Kier molecular flexibility index (Phi) is 6.97. The molecule has 1 aromatic carbocycles. The number of amides is 1. The van der Waals surface area contributed by atoms with Crippen molar-refractivity contribution in [1.29, 1.82) is 0 Å². The first kappa shape index (κ1) is 25.7. The number of carbonyl (C=O) groups excluding carboxylic acids is 1. The lowest BCUT2D eigenvalue weighted by Gasteiger charge is -2.25. The molecule has 37 heavy (non-hydrogen) atoms. The van der Waals surface area contributed by atoms with E-state index in [2.05, 4.69) is 9.71 Å². The van der Waals surface area contributed by atoms with Gasteiger partial charge in [-0.25, -0.2) is 22.8 Å². The largest absolute Gasteiger partial charge is 0.492 e. The topological polar surface area (TPSA) is 112 Å². The normalized spacial score (nSPS) is 17.5. The van der Waals surface area contributed by atoms with Crippen LogP contribution in [-0.4, -0.2) is 53.7 Å². The number of hydrogen-bond donors (Lipinski definition) is 1. The summed E-state index contributed by atoms with van der Waals surface area (Å²) in [6, 6.07) is 11.2. The van der Waals surface area contributed by atoms with Gasteiger partial charge in [-0.2, -0.15) is 5.10 Å². The summed E-state index contributed by atoms with van der Waals surface area (Å²) in [6.45, 7) is 6.50. The van der Waals surface area contributed by atoms with Crippen molar-refractivity contribution in [2.45, 2.75) is 63.5 Å². The SMILES string of the molecule is CC(C)(C)S(=O)(=O)NC(=O)c1cc(OCC2CCOCC2)c2c(C3CCC3)nn(-c3ccccc3)c2n1. The second kappa shape index (κ2) is 10.1. The van der Waals surface area contributed by atoms with E-state index in [0.717, 1.165) is 48.9 Å². The standard InChI is InChI=1S/C27H34N4O5S/c1-27(2,3)37(33,34)30-26(32)21-16-22(36-17-18-12-14-35-15-13-18)23-24(19-8-7-9-19)29-31(25(23)28-21)20-10-5-4-6-11-20/h4-6,10-11,16,18-19H,7-9,12-15,17H2,1-3H3,(H,30,32). The number of pyridine rings is 1. The fourth-order valence-electron chi connectivity index (χ4n) is 4.50. The van der Waals surface area contributed by atoms with Crippen LogP contribution in [0.15, 0.2) is 36.4 Å². The molecular formula is C27H34N4O5S. The minimum absolute atomic E-state index is 0.0282. The van der Waals surface area contributed by atoms with Crippen LogP contribution in [0.4, 0.5) is 0 Å². The van der Waals surface area contributed by atoms with E-state index in [4.69, 9.17) is 14.6 Å². The van der Waals surface area contributed by atoms with Gasteiger partial charge in [0, 0.05) is 25.2 Å². The molecule has 0 spiro atoms. The summed E-state index contributed by atoms with van der Waals surface area (Å²) in [4.78, 5) is 17.9. The molecule has 10 heteroatoms. The fraction of sp³-hybridized carbons (Fsp3) is 0.519. The first-order chi connectivity index (χ1) is 17.6. The Morgan fingerprint density at radius 2 is 1.84 bits per heavy atom. The van der Waals surface area contributed by atoms with E-state index < -0.39 is 20.7 Å². The summed E-state index contributed by atoms with van der Waals surface area (Å²) in [5, 5.41) is 5.74. The average Bonchev–Trinajstić information content (AvgIpc) is 3.21. The van der Waals surface area contributed by atoms with Crippen LogP contribution in [0.2, 0.25) is 0 Å². The van der Waals surface area contributed by atoms with Crippen molar-refractivity contribution in [2.24, 2.45) is 5.92 Å². The van der Waals surface area contributed by atoms with Crippen molar-refractivity contribution in [2.75, 3.05) is 19.8 Å². The van der Waals surface area contributed by atoms with Gasteiger partial charge in [-0.05, 0) is 64.5 Å². The quantitative estimate of drug-likeness (QED) is 0.487. The molecule has 2 aliphatic rings. The Morgan fingerprint density at radius 1 is 1.14 bits per heavy atom. The maximum atomic E-state index is 13.2. The maximum absolute atomic E-state index is 13.2. The summed E-state index contributed by atoms with van der Waals surface area (Å²) in [5.74, 6) is 0.352. The summed E-state index contributed by atoms with van der Waals surface area (Å²) >= 11 is 0. The van der Waals surface area contributed by atoms with Crippen LogP contribution in [0, 0.1) is 5.92 Å². The van der Waals surface area contributed by atoms with Crippen LogP contribution in [0.1, 0.15) is 75.0 Å². The maximum Gasteiger partial charge on any atom is 0.283 e. The number of hydrogen-bond acceptors (Lipinski definition) is 7. The summed E-state index contributed by atoms with van der Waals surface area (Å²) in [5.41, 5.74) is 2.17. The number of ether oxygens (including phenoxy) is 2. The van der Waals surface area contributed by atoms with Crippen molar-refractivity contribution in [3.63, 3.8) is 0 Å². The molecule has 3 aromatic rings. The molecule has 0 bridgehead atoms. The second-order valence-corrected chi connectivity index (χ2v) is 13.3. The van der Waals surface area contributed by atoms with Crippen LogP contribution in [0.25, 0.3) is 16.7 Å². The van der Waals surface area contributed by atoms with Crippen molar-refractivity contribution in [3.8, 4) is 11.4 Å². The number of rotatable bonds is 7. The van der Waals surface area contributed by atoms with Crippen LogP contribution in [0.3, 0.4) is 0 Å². The zero-order valence-corrected chi connectivity index (χ0v) is 22.4. The number of nitrogens with zero attached hydrogens (tertiary/aromatic N) is 3. The van der Waals surface area contributed by atoms with Gasteiger partial charge in [-0.15, -0.1) is 0 Å². The number of sulfonamides is 1. The molecule has 0 radical (unpaired) electrons. The van der Waals surface area contributed by atoms with E-state index in [1.54, 1.807) is 10.7 Å². The number of nitrogens with one attached hydrogen (secondary N) is 1.